The van der Waals surface area contributed by atoms with Crippen LogP contribution < -0.4 is 15.8 Å². The van der Waals surface area contributed by atoms with Gasteiger partial charge in [0.1, 0.15) is 11.2 Å². The Morgan fingerprint density at radius 2 is 2.00 bits per heavy atom. The van der Waals surface area contributed by atoms with Gasteiger partial charge < -0.3 is 20.2 Å². The number of pyridine rings is 2. The maximum atomic E-state index is 14.9. The Labute approximate surface area is 228 Å². The molecule has 2 N–H and O–H groups in total. The van der Waals surface area contributed by atoms with Crippen molar-refractivity contribution in [2.75, 3.05) is 44.4 Å². The van der Waals surface area contributed by atoms with Crippen LogP contribution in [0.1, 0.15) is 34.5 Å². The van der Waals surface area contributed by atoms with Crippen LogP contribution in [0, 0.1) is 11.6 Å². The van der Waals surface area contributed by atoms with Crippen molar-refractivity contribution < 1.29 is 18.7 Å². The number of anilines is 2. The molecule has 1 aliphatic carbocycles. The van der Waals surface area contributed by atoms with Gasteiger partial charge in [0.15, 0.2) is 11.6 Å². The average Bonchev–Trinajstić information content (AvgIpc) is 3.52. The molecule has 3 aromatic heterocycles. The molecule has 1 fully saturated rings. The monoisotopic (exact) mass is 546 g/mol. The number of carboxylic acids is 1. The predicted molar refractivity (Wildman–Crippen MR) is 148 cm³/mol. The molecule has 0 spiro atoms. The fourth-order valence-corrected chi connectivity index (χ4v) is 6.09. The van der Waals surface area contributed by atoms with Gasteiger partial charge in [-0.25, -0.2) is 18.6 Å². The van der Waals surface area contributed by atoms with Gasteiger partial charge in [0.05, 0.1) is 17.1 Å². The number of fused-ring (bicyclic) bond motifs is 4. The largest absolute Gasteiger partial charge is 0.477 e. The van der Waals surface area contributed by atoms with E-state index in [9.17, 15) is 23.5 Å². The van der Waals surface area contributed by atoms with Crippen molar-refractivity contribution in [3.63, 3.8) is 0 Å². The van der Waals surface area contributed by atoms with Gasteiger partial charge >= 0.3 is 5.97 Å². The molecule has 4 heterocycles. The number of aromatic nitrogens is 3. The molecule has 1 saturated heterocycles. The molecule has 0 unspecified atom stereocenters. The third-order valence-corrected chi connectivity index (χ3v) is 7.80. The minimum atomic E-state index is -1.35. The van der Waals surface area contributed by atoms with Crippen molar-refractivity contribution in [3.8, 4) is 22.3 Å². The first-order valence-corrected chi connectivity index (χ1v) is 13.1. The second-order valence-corrected chi connectivity index (χ2v) is 10.5. The number of carbonyl (C=O) groups is 1. The lowest BCUT2D eigenvalue weighted by Gasteiger charge is -2.32. The molecule has 1 aliphatic heterocycles. The molecule has 0 radical (unpaired) electrons. The number of halogens is 2. The highest BCUT2D eigenvalue weighted by atomic mass is 19.2. The van der Waals surface area contributed by atoms with Gasteiger partial charge in [-0.15, -0.1) is 0 Å². The summed E-state index contributed by atoms with van der Waals surface area (Å²) in [6, 6.07) is 4.88. The third-order valence-electron chi connectivity index (χ3n) is 7.80. The van der Waals surface area contributed by atoms with Gasteiger partial charge in [0, 0.05) is 67.9 Å². The minimum Gasteiger partial charge on any atom is -0.477 e. The van der Waals surface area contributed by atoms with E-state index in [4.69, 9.17) is 4.98 Å². The summed E-state index contributed by atoms with van der Waals surface area (Å²) in [5.74, 6) is -3.21. The molecule has 6 rings (SSSR count). The van der Waals surface area contributed by atoms with E-state index in [-0.39, 0.29) is 11.7 Å². The van der Waals surface area contributed by atoms with Crippen molar-refractivity contribution in [1.29, 1.82) is 0 Å². The molecule has 1 atom stereocenters. The zero-order valence-corrected chi connectivity index (χ0v) is 22.3. The quantitative estimate of drug-likeness (QED) is 0.331. The zero-order valence-electron chi connectivity index (χ0n) is 22.3. The normalized spacial score (nSPS) is 16.1. The number of hydrogen-bond acceptors (Lipinski definition) is 7. The topological polar surface area (TPSA) is 103 Å². The summed E-state index contributed by atoms with van der Waals surface area (Å²) >= 11 is 0. The van der Waals surface area contributed by atoms with Gasteiger partial charge in [-0.2, -0.15) is 0 Å². The van der Waals surface area contributed by atoms with E-state index >= 15 is 0 Å². The molecule has 0 amide bonds. The number of carboxylic acid groups (broad SMARTS) is 1. The van der Waals surface area contributed by atoms with Gasteiger partial charge in [-0.05, 0) is 56.3 Å². The molecule has 9 nitrogen and oxygen atoms in total. The maximum Gasteiger partial charge on any atom is 0.342 e. The standard InChI is InChI=1S/C29H28F2N6O3/c1-32-26-18-10-22-24(17(18)9-21(30)25(26)31)27(36-8-4-5-16(36)14-35(2)3)19(11-33-22)15-6-7-23-34-12-20(29(39)40)28(38)37(23)13-15/h6-7,9,11-13,16,32H,4-5,8,10,14H2,1-3H3,(H,39,40)/t16-/m0/s1. The van der Waals surface area contributed by atoms with Crippen LogP contribution in [-0.2, 0) is 6.42 Å². The molecule has 11 heteroatoms. The highest BCUT2D eigenvalue weighted by molar-refractivity contribution is 5.97. The fourth-order valence-electron chi connectivity index (χ4n) is 6.09. The second kappa shape index (κ2) is 9.67. The van der Waals surface area contributed by atoms with Crippen molar-refractivity contribution in [2.24, 2.45) is 0 Å². The van der Waals surface area contributed by atoms with Gasteiger partial charge in [-0.1, -0.05) is 0 Å². The summed E-state index contributed by atoms with van der Waals surface area (Å²) in [5.41, 5.74) is 4.20. The Balaban J connectivity index is 1.64. The summed E-state index contributed by atoms with van der Waals surface area (Å²) in [5, 5.41) is 12.3. The SMILES string of the molecule is CNc1c(F)c(F)cc2c1Cc1ncc(-c3ccc4ncc(C(=O)O)c(=O)n4c3)c(N3CCC[C@H]3CN(C)C)c1-2. The lowest BCUT2D eigenvalue weighted by molar-refractivity contribution is 0.0694. The van der Waals surface area contributed by atoms with Gasteiger partial charge in [0.2, 0.25) is 0 Å². The van der Waals surface area contributed by atoms with Crippen LogP contribution in [0.15, 0.2) is 41.6 Å². The number of rotatable bonds is 6. The Bertz CT molecular complexity index is 1750. The number of nitrogens with zero attached hydrogens (tertiary/aromatic N) is 5. The lowest BCUT2D eigenvalue weighted by atomic mass is 9.97. The van der Waals surface area contributed by atoms with Crippen LogP contribution in [-0.4, -0.2) is 70.6 Å². The summed E-state index contributed by atoms with van der Waals surface area (Å²) in [6.45, 7) is 1.56. The van der Waals surface area contributed by atoms with E-state index in [0.717, 1.165) is 49.1 Å². The summed E-state index contributed by atoms with van der Waals surface area (Å²) in [7, 11) is 5.61. The van der Waals surface area contributed by atoms with Crippen LogP contribution >= 0.6 is 0 Å². The Morgan fingerprint density at radius 1 is 1.20 bits per heavy atom. The van der Waals surface area contributed by atoms with Crippen molar-refractivity contribution in [3.05, 3.63) is 75.6 Å². The Hall–Kier alpha value is -4.38. The summed E-state index contributed by atoms with van der Waals surface area (Å²) < 4.78 is 30.8. The van der Waals surface area contributed by atoms with E-state index < -0.39 is 28.7 Å². The Morgan fingerprint density at radius 3 is 2.73 bits per heavy atom. The van der Waals surface area contributed by atoms with E-state index in [1.165, 1.54) is 10.5 Å². The Kier molecular flexibility index (Phi) is 6.25. The van der Waals surface area contributed by atoms with Crippen LogP contribution in [0.4, 0.5) is 20.2 Å². The van der Waals surface area contributed by atoms with Crippen molar-refractivity contribution >= 4 is 23.0 Å². The lowest BCUT2D eigenvalue weighted by Crippen LogP contribution is -2.38. The molecular formula is C29H28F2N6O3. The summed E-state index contributed by atoms with van der Waals surface area (Å²) in [6.07, 6.45) is 6.63. The molecule has 0 saturated carbocycles. The van der Waals surface area contributed by atoms with E-state index in [1.807, 2.05) is 20.2 Å². The molecular weight excluding hydrogens is 518 g/mol. The second-order valence-electron chi connectivity index (χ2n) is 10.5. The number of hydrogen-bond donors (Lipinski definition) is 2. The van der Waals surface area contributed by atoms with Crippen LogP contribution in [0.5, 0.6) is 0 Å². The number of nitrogens with one attached hydrogen (secondary N) is 1. The van der Waals surface area contributed by atoms with Gasteiger partial charge in [-0.3, -0.25) is 14.2 Å². The minimum absolute atomic E-state index is 0.122. The molecule has 1 aromatic carbocycles. The maximum absolute atomic E-state index is 14.9. The summed E-state index contributed by atoms with van der Waals surface area (Å²) in [4.78, 5) is 37.9. The molecule has 0 bridgehead atoms. The molecule has 2 aliphatic rings. The first kappa shape index (κ1) is 25.9. The van der Waals surface area contributed by atoms with Crippen molar-refractivity contribution in [2.45, 2.75) is 25.3 Å². The molecule has 4 aromatic rings. The first-order chi connectivity index (χ1) is 19.2. The number of likely N-dealkylation sites (N-methyl/N-ethyl adjacent to an activating group) is 1. The average molecular weight is 547 g/mol. The van der Waals surface area contributed by atoms with Crippen LogP contribution in [0.25, 0.3) is 27.9 Å². The zero-order chi connectivity index (χ0) is 28.3. The van der Waals surface area contributed by atoms with Crippen LogP contribution in [0.3, 0.4) is 0 Å². The molecule has 206 valence electrons. The van der Waals surface area contributed by atoms with Crippen LogP contribution in [0.2, 0.25) is 0 Å². The highest BCUT2D eigenvalue weighted by Gasteiger charge is 2.35. The third kappa shape index (κ3) is 4.00. The van der Waals surface area contributed by atoms with Gasteiger partial charge in [0.25, 0.3) is 5.56 Å². The van der Waals surface area contributed by atoms with E-state index in [2.05, 4.69) is 20.1 Å². The number of aromatic carboxylic acids is 1. The number of benzene rings is 1. The molecule has 40 heavy (non-hydrogen) atoms. The van der Waals surface area contributed by atoms with Crippen molar-refractivity contribution in [1.82, 2.24) is 19.3 Å². The van der Waals surface area contributed by atoms with E-state index in [0.29, 0.717) is 34.3 Å². The van der Waals surface area contributed by atoms with E-state index in [1.54, 1.807) is 25.5 Å². The smallest absolute Gasteiger partial charge is 0.342 e. The fraction of sp³-hybridized carbons (Fsp3) is 0.310. The highest BCUT2D eigenvalue weighted by Crippen LogP contribution is 2.50. The predicted octanol–water partition coefficient (Wildman–Crippen LogP) is 3.88. The first-order valence-electron chi connectivity index (χ1n) is 13.1.